The lowest BCUT2D eigenvalue weighted by molar-refractivity contribution is 0.708. The minimum Gasteiger partial charge on any atom is -0.324 e. The molecule has 0 spiro atoms. The summed E-state index contributed by atoms with van der Waals surface area (Å²) in [6.07, 6.45) is 3.78. The summed E-state index contributed by atoms with van der Waals surface area (Å²) in [6, 6.07) is 6.41. The third-order valence-corrected chi connectivity index (χ3v) is 4.55. The van der Waals surface area contributed by atoms with Gasteiger partial charge in [0.25, 0.3) is 0 Å². The van der Waals surface area contributed by atoms with E-state index in [-0.39, 0.29) is 6.04 Å². The number of aromatic nitrogens is 1. The molecule has 0 fully saturated rings. The zero-order chi connectivity index (χ0) is 12.3. The van der Waals surface area contributed by atoms with Gasteiger partial charge in [-0.3, -0.25) is 4.98 Å². The fourth-order valence-electron chi connectivity index (χ4n) is 1.65. The molecule has 0 aliphatic heterocycles. The summed E-state index contributed by atoms with van der Waals surface area (Å²) in [5.41, 5.74) is 9.72. The Hall–Kier alpha value is -0.460. The van der Waals surface area contributed by atoms with Gasteiger partial charge in [0.1, 0.15) is 0 Å². The van der Waals surface area contributed by atoms with Crippen molar-refractivity contribution >= 4 is 33.9 Å². The highest BCUT2D eigenvalue weighted by atomic mass is 127. The van der Waals surface area contributed by atoms with Crippen molar-refractivity contribution in [3.63, 3.8) is 0 Å². The van der Waals surface area contributed by atoms with Crippen molar-refractivity contribution in [3.8, 4) is 0 Å². The first kappa shape index (κ1) is 13.0. The second-order valence-electron chi connectivity index (χ2n) is 4.01. The highest BCUT2D eigenvalue weighted by Crippen LogP contribution is 2.23. The SMILES string of the molecule is CCc1ccc(CC(N)c2csc(I)c2)nc1. The lowest BCUT2D eigenvalue weighted by Crippen LogP contribution is -2.13. The van der Waals surface area contributed by atoms with Crippen molar-refractivity contribution < 1.29 is 0 Å². The Morgan fingerprint density at radius 3 is 2.82 bits per heavy atom. The number of nitrogens with two attached hydrogens (primary N) is 1. The van der Waals surface area contributed by atoms with Crippen molar-refractivity contribution in [2.24, 2.45) is 5.73 Å². The van der Waals surface area contributed by atoms with Gasteiger partial charge in [-0.05, 0) is 57.7 Å². The number of rotatable bonds is 4. The molecule has 0 aliphatic carbocycles. The van der Waals surface area contributed by atoms with E-state index in [1.54, 1.807) is 11.3 Å². The molecule has 17 heavy (non-hydrogen) atoms. The Kier molecular flexibility index (Phi) is 4.53. The van der Waals surface area contributed by atoms with Gasteiger partial charge in [-0.25, -0.2) is 0 Å². The zero-order valence-corrected chi connectivity index (χ0v) is 12.7. The summed E-state index contributed by atoms with van der Waals surface area (Å²) in [5.74, 6) is 0. The molecule has 2 nitrogen and oxygen atoms in total. The zero-order valence-electron chi connectivity index (χ0n) is 9.69. The van der Waals surface area contributed by atoms with Crippen molar-refractivity contribution in [1.82, 2.24) is 4.98 Å². The van der Waals surface area contributed by atoms with Gasteiger partial charge < -0.3 is 5.73 Å². The number of halogens is 1. The highest BCUT2D eigenvalue weighted by molar-refractivity contribution is 14.1. The fraction of sp³-hybridized carbons (Fsp3) is 0.308. The minimum atomic E-state index is 0.0507. The average molecular weight is 358 g/mol. The molecule has 90 valence electrons. The van der Waals surface area contributed by atoms with Crippen LogP contribution in [0.1, 0.15) is 29.8 Å². The summed E-state index contributed by atoms with van der Waals surface area (Å²) in [7, 11) is 0. The normalized spacial score (nSPS) is 12.6. The molecule has 0 radical (unpaired) electrons. The van der Waals surface area contributed by atoms with Gasteiger partial charge in [0.05, 0.1) is 2.88 Å². The topological polar surface area (TPSA) is 38.9 Å². The second-order valence-corrected chi connectivity index (χ2v) is 6.81. The molecule has 1 unspecified atom stereocenters. The molecule has 2 N–H and O–H groups in total. The molecule has 2 aromatic rings. The van der Waals surface area contributed by atoms with Crippen LogP contribution in [0.25, 0.3) is 0 Å². The molecule has 2 heterocycles. The maximum atomic E-state index is 6.17. The number of hydrogen-bond acceptors (Lipinski definition) is 3. The van der Waals surface area contributed by atoms with E-state index >= 15 is 0 Å². The summed E-state index contributed by atoms with van der Waals surface area (Å²) in [6.45, 7) is 2.13. The average Bonchev–Trinajstić information content (AvgIpc) is 2.77. The number of aryl methyl sites for hydroxylation is 1. The van der Waals surface area contributed by atoms with Crippen LogP contribution in [0.5, 0.6) is 0 Å². The Balaban J connectivity index is 2.04. The van der Waals surface area contributed by atoms with Crippen LogP contribution in [0.15, 0.2) is 29.8 Å². The molecule has 4 heteroatoms. The molecule has 2 rings (SSSR count). The molecule has 2 aromatic heterocycles. The van der Waals surface area contributed by atoms with E-state index in [9.17, 15) is 0 Å². The van der Waals surface area contributed by atoms with Crippen LogP contribution in [0.3, 0.4) is 0 Å². The van der Waals surface area contributed by atoms with Gasteiger partial charge in [-0.1, -0.05) is 13.0 Å². The Labute approximate surface area is 119 Å². The Bertz CT molecular complexity index is 478. The van der Waals surface area contributed by atoms with Crippen LogP contribution in [0.4, 0.5) is 0 Å². The van der Waals surface area contributed by atoms with E-state index in [0.717, 1.165) is 18.5 Å². The Morgan fingerprint density at radius 2 is 2.29 bits per heavy atom. The molecule has 0 aliphatic rings. The molecule has 1 atom stereocenters. The molecule has 0 bridgehead atoms. The van der Waals surface area contributed by atoms with Gasteiger partial charge in [-0.2, -0.15) is 0 Å². The van der Waals surface area contributed by atoms with Crippen LogP contribution in [-0.4, -0.2) is 4.98 Å². The number of nitrogens with zero attached hydrogens (tertiary/aromatic N) is 1. The molecule has 0 saturated carbocycles. The van der Waals surface area contributed by atoms with E-state index in [1.165, 1.54) is 14.0 Å². The van der Waals surface area contributed by atoms with Crippen molar-refractivity contribution in [3.05, 3.63) is 49.5 Å². The minimum absolute atomic E-state index is 0.0507. The summed E-state index contributed by atoms with van der Waals surface area (Å²) in [4.78, 5) is 4.44. The highest BCUT2D eigenvalue weighted by Gasteiger charge is 2.09. The van der Waals surface area contributed by atoms with Gasteiger partial charge in [0, 0.05) is 24.4 Å². The van der Waals surface area contributed by atoms with Crippen molar-refractivity contribution in [1.29, 1.82) is 0 Å². The number of hydrogen-bond donors (Lipinski definition) is 1. The molecule has 0 aromatic carbocycles. The third-order valence-electron chi connectivity index (χ3n) is 2.74. The smallest absolute Gasteiger partial charge is 0.0656 e. The largest absolute Gasteiger partial charge is 0.324 e. The quantitative estimate of drug-likeness (QED) is 0.849. The van der Waals surface area contributed by atoms with Crippen LogP contribution < -0.4 is 5.73 Å². The third kappa shape index (κ3) is 3.50. The van der Waals surface area contributed by atoms with Gasteiger partial charge in [0.15, 0.2) is 0 Å². The lowest BCUT2D eigenvalue weighted by Gasteiger charge is -2.09. The fourth-order valence-corrected chi connectivity index (χ4v) is 3.08. The van der Waals surface area contributed by atoms with Gasteiger partial charge in [-0.15, -0.1) is 11.3 Å². The van der Waals surface area contributed by atoms with E-state index in [2.05, 4.69) is 58.1 Å². The predicted molar refractivity (Wildman–Crippen MR) is 81.3 cm³/mol. The van der Waals surface area contributed by atoms with Crippen molar-refractivity contribution in [2.45, 2.75) is 25.8 Å². The predicted octanol–water partition coefficient (Wildman–Crippen LogP) is 3.55. The lowest BCUT2D eigenvalue weighted by atomic mass is 10.1. The molecular weight excluding hydrogens is 343 g/mol. The van der Waals surface area contributed by atoms with Crippen molar-refractivity contribution in [2.75, 3.05) is 0 Å². The van der Waals surface area contributed by atoms with Crippen LogP contribution in [-0.2, 0) is 12.8 Å². The van der Waals surface area contributed by atoms with E-state index in [0.29, 0.717) is 0 Å². The summed E-state index contributed by atoms with van der Waals surface area (Å²) in [5, 5.41) is 2.13. The van der Waals surface area contributed by atoms with E-state index in [4.69, 9.17) is 5.73 Å². The monoisotopic (exact) mass is 358 g/mol. The summed E-state index contributed by atoms with van der Waals surface area (Å²) >= 11 is 4.06. The van der Waals surface area contributed by atoms with Gasteiger partial charge >= 0.3 is 0 Å². The first-order valence-corrected chi connectivity index (χ1v) is 7.58. The first-order chi connectivity index (χ1) is 8.19. The first-order valence-electron chi connectivity index (χ1n) is 5.62. The molecular formula is C13H15IN2S. The van der Waals surface area contributed by atoms with Crippen LogP contribution in [0.2, 0.25) is 0 Å². The number of thiophene rings is 1. The maximum Gasteiger partial charge on any atom is 0.0656 e. The number of pyridine rings is 1. The van der Waals surface area contributed by atoms with E-state index in [1.807, 2.05) is 6.20 Å². The standard InChI is InChI=1S/C13H15IN2S/c1-2-9-3-4-11(16-7-9)6-12(15)10-5-13(14)17-8-10/h3-5,7-8,12H,2,6,15H2,1H3. The Morgan fingerprint density at radius 1 is 1.47 bits per heavy atom. The van der Waals surface area contributed by atoms with Crippen LogP contribution in [0, 0.1) is 2.88 Å². The van der Waals surface area contributed by atoms with Crippen LogP contribution >= 0.6 is 33.9 Å². The maximum absolute atomic E-state index is 6.17. The second kappa shape index (κ2) is 5.93. The molecule has 0 amide bonds. The van der Waals surface area contributed by atoms with Gasteiger partial charge in [0.2, 0.25) is 0 Å². The summed E-state index contributed by atoms with van der Waals surface area (Å²) < 4.78 is 1.28. The molecule has 0 saturated heterocycles. The van der Waals surface area contributed by atoms with E-state index < -0.39 is 0 Å².